The fourth-order valence-corrected chi connectivity index (χ4v) is 5.02. The smallest absolute Gasteiger partial charge is 0.229 e. The second-order valence-electron chi connectivity index (χ2n) is 10.9. The first-order valence-electron chi connectivity index (χ1n) is 16.0. The molecule has 0 bridgehead atoms. The number of rotatable bonds is 24. The number of unbranched alkanes of at least 4 members (excludes halogenated alkanes) is 16. The Kier molecular flexibility index (Phi) is 22.9. The lowest BCUT2D eigenvalue weighted by atomic mass is 10.0. The van der Waals surface area contributed by atoms with Gasteiger partial charge in [0.25, 0.3) is 0 Å². The molecule has 0 aromatic carbocycles. The highest BCUT2D eigenvalue weighted by molar-refractivity contribution is 6.09. The summed E-state index contributed by atoms with van der Waals surface area (Å²) in [4.78, 5) is 55.0. The third kappa shape index (κ3) is 14.4. The molecule has 0 aliphatic rings. The molecule has 0 saturated carbocycles. The Labute approximate surface area is 229 Å². The average Bonchev–Trinajstić information content (AvgIpc) is 2.88. The first-order chi connectivity index (χ1) is 17.9. The van der Waals surface area contributed by atoms with Crippen LogP contribution in [0.1, 0.15) is 182 Å². The molecule has 0 N–H and O–H groups in total. The van der Waals surface area contributed by atoms with Gasteiger partial charge in [-0.3, -0.25) is 0 Å². The van der Waals surface area contributed by atoms with Crippen molar-refractivity contribution in [2.45, 2.75) is 182 Å². The summed E-state index contributed by atoms with van der Waals surface area (Å²) in [5.74, 6) is -1.86. The predicted octanol–water partition coefficient (Wildman–Crippen LogP) is 9.35. The highest BCUT2D eigenvalue weighted by atomic mass is 16.2. The van der Waals surface area contributed by atoms with Crippen LogP contribution < -0.4 is 0 Å². The Morgan fingerprint density at radius 2 is 0.514 bits per heavy atom. The Hall–Kier alpha value is -1.36. The van der Waals surface area contributed by atoms with Crippen molar-refractivity contribution in [2.75, 3.05) is 0 Å². The second-order valence-corrected chi connectivity index (χ2v) is 10.9. The van der Waals surface area contributed by atoms with Gasteiger partial charge in [-0.05, 0) is 25.7 Å². The summed E-state index contributed by atoms with van der Waals surface area (Å²) in [6, 6.07) is 0. The van der Waals surface area contributed by atoms with Gasteiger partial charge >= 0.3 is 23.6 Å². The summed E-state index contributed by atoms with van der Waals surface area (Å²) < 4.78 is -1.14. The van der Waals surface area contributed by atoms with Crippen molar-refractivity contribution in [3.63, 3.8) is 0 Å². The van der Waals surface area contributed by atoms with Crippen molar-refractivity contribution >= 4 is 23.6 Å². The van der Waals surface area contributed by atoms with E-state index in [1.165, 1.54) is 0 Å². The van der Waals surface area contributed by atoms with Crippen LogP contribution in [0.25, 0.3) is 0 Å². The minimum absolute atomic E-state index is 0.133. The molecule has 0 aliphatic heterocycles. The largest absolute Gasteiger partial charge is 0.336 e. The van der Waals surface area contributed by atoms with Crippen LogP contribution in [0, 0.1) is 0 Å². The molecule has 0 atom stereocenters. The van der Waals surface area contributed by atoms with E-state index < -0.39 is 28.1 Å². The van der Waals surface area contributed by atoms with Gasteiger partial charge < -0.3 is 0 Å². The topological polar surface area (TPSA) is 68.3 Å². The van der Waals surface area contributed by atoms with Gasteiger partial charge in [-0.15, -0.1) is 0 Å². The van der Waals surface area contributed by atoms with Crippen molar-refractivity contribution < 1.29 is 23.7 Å². The maximum absolute atomic E-state index is 13.7. The Bertz CT molecular complexity index is 519. The molecular formula is C32H60NO4+. The molecule has 0 radical (unpaired) electrons. The van der Waals surface area contributed by atoms with E-state index in [0.29, 0.717) is 25.7 Å². The monoisotopic (exact) mass is 522 g/mol. The van der Waals surface area contributed by atoms with E-state index in [1.807, 2.05) is 0 Å². The molecule has 37 heavy (non-hydrogen) atoms. The summed E-state index contributed by atoms with van der Waals surface area (Å²) in [6.07, 6.45) is 19.6. The minimum Gasteiger partial charge on any atom is -0.229 e. The van der Waals surface area contributed by atoms with Crippen LogP contribution in [0.3, 0.4) is 0 Å². The maximum Gasteiger partial charge on any atom is 0.336 e. The van der Waals surface area contributed by atoms with Crippen LogP contribution in [-0.2, 0) is 19.2 Å². The first-order valence-corrected chi connectivity index (χ1v) is 16.0. The third-order valence-corrected chi connectivity index (χ3v) is 7.47. The van der Waals surface area contributed by atoms with Crippen LogP contribution in [0.4, 0.5) is 0 Å². The molecule has 216 valence electrons. The lowest BCUT2D eigenvalue weighted by Crippen LogP contribution is -2.64. The van der Waals surface area contributed by atoms with E-state index in [-0.39, 0.29) is 25.7 Å². The van der Waals surface area contributed by atoms with E-state index in [2.05, 4.69) is 27.7 Å². The second kappa shape index (κ2) is 23.7. The summed E-state index contributed by atoms with van der Waals surface area (Å²) in [7, 11) is 0. The molecule has 0 aromatic rings. The van der Waals surface area contributed by atoms with Gasteiger partial charge in [0.2, 0.25) is 0 Å². The molecule has 0 unspecified atom stereocenters. The van der Waals surface area contributed by atoms with Crippen LogP contribution >= 0.6 is 0 Å². The van der Waals surface area contributed by atoms with Gasteiger partial charge in [-0.25, -0.2) is 19.2 Å². The Morgan fingerprint density at radius 3 is 0.703 bits per heavy atom. The zero-order chi connectivity index (χ0) is 27.8. The third-order valence-electron chi connectivity index (χ3n) is 7.47. The summed E-state index contributed by atoms with van der Waals surface area (Å²) in [5, 5.41) is 0. The molecule has 5 nitrogen and oxygen atoms in total. The van der Waals surface area contributed by atoms with Crippen molar-refractivity contribution in [1.82, 2.24) is 0 Å². The SMILES string of the molecule is CCCCCCCC(=O)[N+](C(=O)CCCCCCC)(C(=O)CCCCCCC)C(=O)CCCCCCC. The van der Waals surface area contributed by atoms with Crippen molar-refractivity contribution in [2.24, 2.45) is 0 Å². The fourth-order valence-electron chi connectivity index (χ4n) is 5.02. The molecule has 0 saturated heterocycles. The molecule has 0 heterocycles. The normalized spacial score (nSPS) is 11.6. The number of carbonyl (C=O) groups excluding carboxylic acids is 4. The van der Waals surface area contributed by atoms with Gasteiger partial charge in [0, 0.05) is 0 Å². The zero-order valence-corrected chi connectivity index (χ0v) is 25.1. The van der Waals surface area contributed by atoms with Crippen LogP contribution in [0.5, 0.6) is 0 Å². The van der Waals surface area contributed by atoms with E-state index >= 15 is 0 Å². The van der Waals surface area contributed by atoms with Gasteiger partial charge in [-0.2, -0.15) is 0 Å². The van der Waals surface area contributed by atoms with E-state index in [9.17, 15) is 19.2 Å². The van der Waals surface area contributed by atoms with E-state index in [4.69, 9.17) is 0 Å². The molecule has 0 aromatic heterocycles. The average molecular weight is 523 g/mol. The number of amides is 4. The quantitative estimate of drug-likeness (QED) is 0.0935. The van der Waals surface area contributed by atoms with Crippen molar-refractivity contribution in [3.8, 4) is 0 Å². The highest BCUT2D eigenvalue weighted by Crippen LogP contribution is 2.25. The number of carbonyl (C=O) groups is 4. The number of imide groups is 6. The van der Waals surface area contributed by atoms with E-state index in [1.54, 1.807) is 0 Å². The summed E-state index contributed by atoms with van der Waals surface area (Å²) in [6.45, 7) is 8.57. The van der Waals surface area contributed by atoms with Gasteiger partial charge in [0.15, 0.2) is 0 Å². The van der Waals surface area contributed by atoms with Crippen molar-refractivity contribution in [1.29, 1.82) is 0 Å². The number of hydrogen-bond donors (Lipinski definition) is 0. The Morgan fingerprint density at radius 1 is 0.324 bits per heavy atom. The fraction of sp³-hybridized carbons (Fsp3) is 0.875. The molecule has 0 spiro atoms. The minimum atomic E-state index is -1.14. The number of nitrogens with zero attached hydrogens (tertiary/aromatic N) is 1. The number of quaternary nitrogens is 1. The number of hydrogen-bond acceptors (Lipinski definition) is 4. The van der Waals surface area contributed by atoms with Gasteiger partial charge in [0.1, 0.15) is 0 Å². The lowest BCUT2D eigenvalue weighted by Gasteiger charge is -2.29. The maximum atomic E-state index is 13.7. The van der Waals surface area contributed by atoms with Crippen LogP contribution in [0.2, 0.25) is 0 Å². The molecule has 0 fully saturated rings. The Balaban J connectivity index is 5.76. The molecule has 0 aliphatic carbocycles. The van der Waals surface area contributed by atoms with Gasteiger partial charge in [-0.1, -0.05) is 135 Å². The molecular weight excluding hydrogens is 462 g/mol. The first kappa shape index (κ1) is 35.6. The molecule has 4 amide bonds. The van der Waals surface area contributed by atoms with Crippen LogP contribution in [0.15, 0.2) is 0 Å². The van der Waals surface area contributed by atoms with Gasteiger partial charge in [0.05, 0.1) is 25.7 Å². The standard InChI is InChI=1S/C32H60NO4/c1-5-9-13-17-21-25-29(34)33(30(35)26-22-18-14-10-6-2,31(36)27-23-19-15-11-7-3)32(37)28-24-20-16-12-8-4/h5-28H2,1-4H3/q+1. The predicted molar refractivity (Wildman–Crippen MR) is 154 cm³/mol. The zero-order valence-electron chi connectivity index (χ0n) is 25.1. The van der Waals surface area contributed by atoms with Crippen molar-refractivity contribution in [3.05, 3.63) is 0 Å². The molecule has 5 heteroatoms. The molecule has 0 rings (SSSR count). The summed E-state index contributed by atoms with van der Waals surface area (Å²) in [5.41, 5.74) is 0. The lowest BCUT2D eigenvalue weighted by molar-refractivity contribution is -0.629. The van der Waals surface area contributed by atoms with Crippen LogP contribution in [-0.4, -0.2) is 28.1 Å². The highest BCUT2D eigenvalue weighted by Gasteiger charge is 2.55. The summed E-state index contributed by atoms with van der Waals surface area (Å²) >= 11 is 0. The van der Waals surface area contributed by atoms with E-state index in [0.717, 1.165) is 103 Å².